The fraction of sp³-hybridized carbons (Fsp3) is 0.250. The fourth-order valence-electron chi connectivity index (χ4n) is 1.54. The van der Waals surface area contributed by atoms with E-state index in [0.717, 1.165) is 6.07 Å². The summed E-state index contributed by atoms with van der Waals surface area (Å²) < 4.78 is 33.7. The van der Waals surface area contributed by atoms with Crippen LogP contribution in [-0.2, 0) is 11.3 Å². The van der Waals surface area contributed by atoms with Crippen LogP contribution in [0.3, 0.4) is 0 Å². The molecule has 0 aliphatic heterocycles. The number of hydrogen-bond acceptors (Lipinski definition) is 3. The van der Waals surface area contributed by atoms with Crippen molar-refractivity contribution >= 4 is 27.6 Å². The highest BCUT2D eigenvalue weighted by Crippen LogP contribution is 2.25. The topological polar surface area (TPSA) is 39.1 Å². The van der Waals surface area contributed by atoms with E-state index in [1.165, 1.54) is 6.07 Å². The summed E-state index contributed by atoms with van der Waals surface area (Å²) in [5.74, 6) is -0.859. The number of benzene rings is 1. The van der Waals surface area contributed by atoms with Gasteiger partial charge in [0.05, 0.1) is 16.8 Å². The first-order valence-electron chi connectivity index (χ1n) is 5.53. The van der Waals surface area contributed by atoms with Gasteiger partial charge in [-0.1, -0.05) is 0 Å². The van der Waals surface area contributed by atoms with Gasteiger partial charge in [-0.3, -0.25) is 0 Å². The summed E-state index contributed by atoms with van der Waals surface area (Å²) in [5, 5.41) is 2.82. The van der Waals surface area contributed by atoms with E-state index >= 15 is 0 Å². The normalized spacial score (nSPS) is 10.7. The monoisotopic (exact) mass is 331 g/mol. The zero-order chi connectivity index (χ0) is 13.8. The van der Waals surface area contributed by atoms with Gasteiger partial charge in [0.25, 0.3) is 0 Å². The molecule has 0 atom stereocenters. The van der Waals surface area contributed by atoms with E-state index in [1.807, 2.05) is 0 Å². The molecule has 19 heavy (non-hydrogen) atoms. The highest BCUT2D eigenvalue weighted by molar-refractivity contribution is 9.10. The van der Waals surface area contributed by atoms with E-state index in [2.05, 4.69) is 26.2 Å². The number of rotatable bonds is 5. The predicted molar refractivity (Wildman–Crippen MR) is 71.4 cm³/mol. The minimum Gasteiger partial charge on any atom is -0.383 e. The Morgan fingerprint density at radius 1 is 1.37 bits per heavy atom. The van der Waals surface area contributed by atoms with Crippen LogP contribution in [-0.4, -0.2) is 23.3 Å². The van der Waals surface area contributed by atoms with Crippen molar-refractivity contribution < 1.29 is 13.5 Å². The van der Waals surface area contributed by atoms with Crippen LogP contribution in [0.5, 0.6) is 0 Å². The summed E-state index contributed by atoms with van der Waals surface area (Å²) in [6.45, 7) is 1.10. The van der Waals surface area contributed by atoms with Crippen molar-refractivity contribution in [1.82, 2.24) is 9.55 Å². The Hall–Kier alpha value is -1.47. The summed E-state index contributed by atoms with van der Waals surface area (Å²) in [6, 6.07) is 2.15. The first-order valence-corrected chi connectivity index (χ1v) is 6.32. The van der Waals surface area contributed by atoms with Gasteiger partial charge in [0.1, 0.15) is 11.6 Å². The van der Waals surface area contributed by atoms with Crippen molar-refractivity contribution in [2.75, 3.05) is 19.0 Å². The molecule has 7 heteroatoms. The van der Waals surface area contributed by atoms with Gasteiger partial charge in [-0.25, -0.2) is 13.8 Å². The van der Waals surface area contributed by atoms with Crippen LogP contribution in [0.4, 0.5) is 20.4 Å². The van der Waals surface area contributed by atoms with Crippen molar-refractivity contribution in [3.05, 3.63) is 40.6 Å². The molecule has 2 rings (SSSR count). The number of methoxy groups -OCH3 is 1. The van der Waals surface area contributed by atoms with Gasteiger partial charge in [-0.2, -0.15) is 0 Å². The molecule has 1 N–H and O–H groups in total. The van der Waals surface area contributed by atoms with Crippen LogP contribution < -0.4 is 5.32 Å². The maximum absolute atomic E-state index is 13.6. The largest absolute Gasteiger partial charge is 0.383 e. The fourth-order valence-corrected chi connectivity index (χ4v) is 1.89. The van der Waals surface area contributed by atoms with Gasteiger partial charge in [0.15, 0.2) is 0 Å². The number of hydrogen-bond donors (Lipinski definition) is 1. The SMILES string of the molecule is COCCn1ccnc1Nc1cc(Br)c(F)cc1F. The van der Waals surface area contributed by atoms with E-state index < -0.39 is 11.6 Å². The third-order valence-electron chi connectivity index (χ3n) is 2.51. The molecule has 0 saturated carbocycles. The molecule has 0 unspecified atom stereocenters. The molecule has 0 fully saturated rings. The number of aromatic nitrogens is 2. The summed E-state index contributed by atoms with van der Waals surface area (Å²) in [7, 11) is 1.60. The first-order chi connectivity index (χ1) is 9.11. The Balaban J connectivity index is 2.21. The summed E-state index contributed by atoms with van der Waals surface area (Å²) in [5.41, 5.74) is 0.151. The number of anilines is 2. The summed E-state index contributed by atoms with van der Waals surface area (Å²) >= 11 is 3.02. The van der Waals surface area contributed by atoms with Crippen LogP contribution in [0.25, 0.3) is 0 Å². The van der Waals surface area contributed by atoms with Crippen LogP contribution in [0, 0.1) is 11.6 Å². The lowest BCUT2D eigenvalue weighted by atomic mass is 10.3. The average Bonchev–Trinajstić information content (AvgIpc) is 2.81. The van der Waals surface area contributed by atoms with Gasteiger partial charge in [-0.05, 0) is 22.0 Å². The highest BCUT2D eigenvalue weighted by Gasteiger charge is 2.10. The minimum atomic E-state index is -0.679. The maximum atomic E-state index is 13.6. The van der Waals surface area contributed by atoms with E-state index in [-0.39, 0.29) is 10.2 Å². The maximum Gasteiger partial charge on any atom is 0.207 e. The van der Waals surface area contributed by atoms with Crippen molar-refractivity contribution in [2.45, 2.75) is 6.54 Å². The second-order valence-electron chi connectivity index (χ2n) is 3.81. The molecular formula is C12H12BrF2N3O. The molecule has 0 aliphatic carbocycles. The molecule has 0 saturated heterocycles. The molecule has 0 bridgehead atoms. The average molecular weight is 332 g/mol. The van der Waals surface area contributed by atoms with Crippen LogP contribution >= 0.6 is 15.9 Å². The molecule has 1 aromatic heterocycles. The van der Waals surface area contributed by atoms with Gasteiger partial charge in [-0.15, -0.1) is 0 Å². The van der Waals surface area contributed by atoms with E-state index in [9.17, 15) is 8.78 Å². The minimum absolute atomic E-state index is 0.151. The van der Waals surface area contributed by atoms with Gasteiger partial charge < -0.3 is 14.6 Å². The van der Waals surface area contributed by atoms with Crippen molar-refractivity contribution in [3.63, 3.8) is 0 Å². The van der Waals surface area contributed by atoms with Gasteiger partial charge in [0.2, 0.25) is 5.95 Å². The lowest BCUT2D eigenvalue weighted by Gasteiger charge is -2.10. The van der Waals surface area contributed by atoms with Crippen molar-refractivity contribution in [1.29, 1.82) is 0 Å². The molecule has 102 valence electrons. The molecule has 0 amide bonds. The van der Waals surface area contributed by atoms with Gasteiger partial charge >= 0.3 is 0 Å². The number of halogens is 3. The lowest BCUT2D eigenvalue weighted by molar-refractivity contribution is 0.188. The smallest absolute Gasteiger partial charge is 0.207 e. The molecule has 4 nitrogen and oxygen atoms in total. The Morgan fingerprint density at radius 3 is 2.89 bits per heavy atom. The third kappa shape index (κ3) is 3.30. The quantitative estimate of drug-likeness (QED) is 0.854. The number of imidazole rings is 1. The molecule has 1 aromatic carbocycles. The first kappa shape index (κ1) is 14.0. The highest BCUT2D eigenvalue weighted by atomic mass is 79.9. The van der Waals surface area contributed by atoms with E-state index in [0.29, 0.717) is 19.1 Å². The van der Waals surface area contributed by atoms with Crippen LogP contribution in [0.15, 0.2) is 29.0 Å². The second kappa shape index (κ2) is 6.12. The zero-order valence-corrected chi connectivity index (χ0v) is 11.7. The molecule has 1 heterocycles. The number of nitrogens with one attached hydrogen (secondary N) is 1. The summed E-state index contributed by atoms with van der Waals surface area (Å²) in [4.78, 5) is 4.08. The lowest BCUT2D eigenvalue weighted by Crippen LogP contribution is -2.08. The van der Waals surface area contributed by atoms with Crippen molar-refractivity contribution in [2.24, 2.45) is 0 Å². The van der Waals surface area contributed by atoms with E-state index in [4.69, 9.17) is 4.74 Å². The Bertz CT molecular complexity index is 574. The molecule has 0 spiro atoms. The Morgan fingerprint density at radius 2 is 2.16 bits per heavy atom. The molecular weight excluding hydrogens is 320 g/mol. The predicted octanol–water partition coefficient (Wildman–Crippen LogP) is 3.31. The van der Waals surface area contributed by atoms with Crippen molar-refractivity contribution in [3.8, 4) is 0 Å². The zero-order valence-electron chi connectivity index (χ0n) is 10.2. The molecule has 0 aliphatic rings. The van der Waals surface area contributed by atoms with Crippen LogP contribution in [0.2, 0.25) is 0 Å². The second-order valence-corrected chi connectivity index (χ2v) is 4.66. The molecule has 0 radical (unpaired) electrons. The third-order valence-corrected chi connectivity index (χ3v) is 3.12. The van der Waals surface area contributed by atoms with Crippen LogP contribution in [0.1, 0.15) is 0 Å². The van der Waals surface area contributed by atoms with E-state index in [1.54, 1.807) is 24.1 Å². The number of ether oxygens (including phenoxy) is 1. The number of nitrogens with zero attached hydrogens (tertiary/aromatic N) is 2. The van der Waals surface area contributed by atoms with Gasteiger partial charge in [0, 0.05) is 32.1 Å². The Kier molecular flexibility index (Phi) is 4.49. The Labute approximate surface area is 117 Å². The molecule has 2 aromatic rings. The standard InChI is InChI=1S/C12H12BrF2N3O/c1-19-5-4-18-3-2-16-12(18)17-11-6-8(13)9(14)7-10(11)15/h2-3,6-7H,4-5H2,1H3,(H,16,17). The summed E-state index contributed by atoms with van der Waals surface area (Å²) in [6.07, 6.45) is 3.34.